The molecule has 27 heavy (non-hydrogen) atoms. The van der Waals surface area contributed by atoms with Crippen molar-refractivity contribution in [3.63, 3.8) is 0 Å². The van der Waals surface area contributed by atoms with Gasteiger partial charge in [0.05, 0.1) is 13.2 Å². The van der Waals surface area contributed by atoms with Crippen LogP contribution in [0.3, 0.4) is 0 Å². The van der Waals surface area contributed by atoms with Crippen molar-refractivity contribution in [1.29, 1.82) is 0 Å². The van der Waals surface area contributed by atoms with Crippen molar-refractivity contribution in [2.24, 2.45) is 5.92 Å². The van der Waals surface area contributed by atoms with Crippen LogP contribution in [0.5, 0.6) is 0 Å². The van der Waals surface area contributed by atoms with Crippen LogP contribution in [0, 0.1) is 12.8 Å². The van der Waals surface area contributed by atoms with Gasteiger partial charge in [0, 0.05) is 50.8 Å². The Morgan fingerprint density at radius 1 is 1.22 bits per heavy atom. The molecule has 2 fully saturated rings. The lowest BCUT2D eigenvalue weighted by Crippen LogP contribution is -2.55. The summed E-state index contributed by atoms with van der Waals surface area (Å²) in [6, 6.07) is 2.80. The number of aryl methyl sites for hydroxylation is 1. The second-order valence-corrected chi connectivity index (χ2v) is 7.22. The maximum absolute atomic E-state index is 12.8. The van der Waals surface area contributed by atoms with Gasteiger partial charge in [-0.05, 0) is 25.7 Å². The van der Waals surface area contributed by atoms with Gasteiger partial charge in [0.15, 0.2) is 11.2 Å². The number of aliphatic carboxylic acids is 1. The van der Waals surface area contributed by atoms with Crippen molar-refractivity contribution in [2.45, 2.75) is 32.2 Å². The summed E-state index contributed by atoms with van der Waals surface area (Å²) < 4.78 is 10.9. The van der Waals surface area contributed by atoms with Crippen LogP contribution in [0.15, 0.2) is 21.3 Å². The van der Waals surface area contributed by atoms with Gasteiger partial charge in [-0.2, -0.15) is 0 Å². The van der Waals surface area contributed by atoms with Crippen LogP contribution in [0.25, 0.3) is 0 Å². The second-order valence-electron chi connectivity index (χ2n) is 7.22. The molecule has 1 aromatic heterocycles. The molecule has 2 saturated heterocycles. The van der Waals surface area contributed by atoms with Gasteiger partial charge in [-0.25, -0.2) is 0 Å². The van der Waals surface area contributed by atoms with E-state index in [9.17, 15) is 14.4 Å². The first-order chi connectivity index (χ1) is 12.9. The quantitative estimate of drug-likeness (QED) is 0.815. The fraction of sp³-hybridized carbons (Fsp3) is 0.632. The van der Waals surface area contributed by atoms with Crippen LogP contribution >= 0.6 is 0 Å². The average Bonchev–Trinajstić information content (AvgIpc) is 2.65. The van der Waals surface area contributed by atoms with E-state index in [1.165, 1.54) is 12.1 Å². The van der Waals surface area contributed by atoms with Gasteiger partial charge in [-0.3, -0.25) is 19.3 Å². The Kier molecular flexibility index (Phi) is 6.28. The normalized spacial score (nSPS) is 24.0. The first kappa shape index (κ1) is 19.6. The predicted molar refractivity (Wildman–Crippen MR) is 96.8 cm³/mol. The number of hydrogen-bond donors (Lipinski definition) is 1. The lowest BCUT2D eigenvalue weighted by molar-refractivity contribution is -0.137. The van der Waals surface area contributed by atoms with Crippen LogP contribution < -0.4 is 5.43 Å². The smallest absolute Gasteiger partial charge is 0.303 e. The molecular formula is C19H26N2O6. The number of carboxylic acid groups (broad SMARTS) is 1. The zero-order chi connectivity index (χ0) is 19.4. The molecule has 0 saturated carbocycles. The highest BCUT2D eigenvalue weighted by Crippen LogP contribution is 2.28. The molecule has 0 unspecified atom stereocenters. The lowest BCUT2D eigenvalue weighted by atomic mass is 9.86. The number of rotatable bonds is 5. The van der Waals surface area contributed by atoms with Crippen LogP contribution in [-0.4, -0.2) is 72.2 Å². The van der Waals surface area contributed by atoms with Gasteiger partial charge < -0.3 is 19.2 Å². The van der Waals surface area contributed by atoms with Crippen molar-refractivity contribution in [3.8, 4) is 0 Å². The third-order valence-electron chi connectivity index (χ3n) is 5.33. The molecule has 0 spiro atoms. The molecule has 8 heteroatoms. The van der Waals surface area contributed by atoms with Crippen molar-refractivity contribution >= 4 is 11.9 Å². The molecule has 0 aliphatic carbocycles. The number of piperidine rings is 1. The van der Waals surface area contributed by atoms with E-state index >= 15 is 0 Å². The summed E-state index contributed by atoms with van der Waals surface area (Å²) in [4.78, 5) is 39.6. The summed E-state index contributed by atoms with van der Waals surface area (Å²) in [6.45, 7) is 5.68. The lowest BCUT2D eigenvalue weighted by Gasteiger charge is -2.45. The summed E-state index contributed by atoms with van der Waals surface area (Å²) in [5.74, 6) is -0.632. The summed E-state index contributed by atoms with van der Waals surface area (Å²) in [5.41, 5.74) is -0.257. The van der Waals surface area contributed by atoms with Gasteiger partial charge in [-0.15, -0.1) is 0 Å². The third-order valence-corrected chi connectivity index (χ3v) is 5.33. The predicted octanol–water partition coefficient (Wildman–Crippen LogP) is 0.976. The number of carbonyl (C=O) groups is 2. The van der Waals surface area contributed by atoms with Crippen LogP contribution in [-0.2, 0) is 9.53 Å². The summed E-state index contributed by atoms with van der Waals surface area (Å²) >= 11 is 0. The molecule has 1 N–H and O–H groups in total. The van der Waals surface area contributed by atoms with Gasteiger partial charge in [0.2, 0.25) is 0 Å². The minimum atomic E-state index is -0.830. The summed E-state index contributed by atoms with van der Waals surface area (Å²) in [5, 5.41) is 9.09. The molecule has 0 bridgehead atoms. The molecular weight excluding hydrogens is 352 g/mol. The van der Waals surface area contributed by atoms with E-state index < -0.39 is 5.97 Å². The molecule has 1 aromatic rings. The third kappa shape index (κ3) is 4.95. The van der Waals surface area contributed by atoms with E-state index in [1.807, 2.05) is 0 Å². The van der Waals surface area contributed by atoms with Gasteiger partial charge in [-0.1, -0.05) is 0 Å². The minimum absolute atomic E-state index is 0.0433. The fourth-order valence-corrected chi connectivity index (χ4v) is 4.05. The molecule has 3 heterocycles. The van der Waals surface area contributed by atoms with E-state index in [-0.39, 0.29) is 35.5 Å². The monoisotopic (exact) mass is 378 g/mol. The number of carboxylic acids is 1. The maximum Gasteiger partial charge on any atom is 0.303 e. The van der Waals surface area contributed by atoms with E-state index in [1.54, 1.807) is 11.8 Å². The summed E-state index contributed by atoms with van der Waals surface area (Å²) in [6.07, 6.45) is 1.36. The summed E-state index contributed by atoms with van der Waals surface area (Å²) in [7, 11) is 0. The van der Waals surface area contributed by atoms with E-state index in [2.05, 4.69) is 4.90 Å². The van der Waals surface area contributed by atoms with E-state index in [0.29, 0.717) is 38.5 Å². The molecule has 2 atom stereocenters. The van der Waals surface area contributed by atoms with Crippen LogP contribution in [0.2, 0.25) is 0 Å². The topological polar surface area (TPSA) is 100 Å². The van der Waals surface area contributed by atoms with Crippen LogP contribution in [0.1, 0.15) is 35.6 Å². The Hall–Kier alpha value is -2.19. The number of hydrogen-bond acceptors (Lipinski definition) is 6. The molecule has 1 amide bonds. The molecule has 2 aliphatic heterocycles. The Labute approximate surface area is 157 Å². The number of nitrogens with zero attached hydrogens (tertiary/aromatic N) is 2. The largest absolute Gasteiger partial charge is 0.481 e. The van der Waals surface area contributed by atoms with Crippen molar-refractivity contribution in [3.05, 3.63) is 33.9 Å². The highest BCUT2D eigenvalue weighted by molar-refractivity contribution is 5.91. The minimum Gasteiger partial charge on any atom is -0.481 e. The Morgan fingerprint density at radius 3 is 2.63 bits per heavy atom. The number of ether oxygens (including phenoxy) is 1. The fourth-order valence-electron chi connectivity index (χ4n) is 4.05. The van der Waals surface area contributed by atoms with Crippen molar-refractivity contribution in [2.75, 3.05) is 39.4 Å². The highest BCUT2D eigenvalue weighted by atomic mass is 16.5. The maximum atomic E-state index is 12.8. The van der Waals surface area contributed by atoms with E-state index in [0.717, 1.165) is 19.5 Å². The molecule has 0 radical (unpaired) electrons. The number of amides is 1. The standard InChI is InChI=1S/C19H26N2O6/c1-13-10-15(22)11-17(27-13)19(25)21-5-4-16(20-6-8-26-9-7-20)14(12-21)2-3-18(23)24/h10-11,14,16H,2-9,12H2,1H3,(H,23,24)/t14-,16+/m1/s1. The molecule has 0 aromatic carbocycles. The number of likely N-dealkylation sites (tertiary alicyclic amines) is 1. The molecule has 2 aliphatic rings. The molecule has 8 nitrogen and oxygen atoms in total. The van der Waals surface area contributed by atoms with Crippen LogP contribution in [0.4, 0.5) is 0 Å². The van der Waals surface area contributed by atoms with Crippen molar-refractivity contribution < 1.29 is 23.8 Å². The van der Waals surface area contributed by atoms with Gasteiger partial charge >= 0.3 is 5.97 Å². The van der Waals surface area contributed by atoms with Gasteiger partial charge in [0.1, 0.15) is 5.76 Å². The van der Waals surface area contributed by atoms with Gasteiger partial charge in [0.25, 0.3) is 5.91 Å². The average molecular weight is 378 g/mol. The van der Waals surface area contributed by atoms with E-state index in [4.69, 9.17) is 14.3 Å². The zero-order valence-corrected chi connectivity index (χ0v) is 15.6. The molecule has 3 rings (SSSR count). The SMILES string of the molecule is Cc1cc(=O)cc(C(=O)N2CC[C@H](N3CCOCC3)[C@H](CCC(=O)O)C2)o1. The van der Waals surface area contributed by atoms with Crippen molar-refractivity contribution in [1.82, 2.24) is 9.80 Å². The second kappa shape index (κ2) is 8.67. The highest BCUT2D eigenvalue weighted by Gasteiger charge is 2.36. The Morgan fingerprint density at radius 2 is 1.96 bits per heavy atom. The first-order valence-corrected chi connectivity index (χ1v) is 9.38. The Balaban J connectivity index is 1.74. The Bertz CT molecular complexity index is 740. The zero-order valence-electron chi connectivity index (χ0n) is 15.6. The molecule has 148 valence electrons. The number of carbonyl (C=O) groups excluding carboxylic acids is 1. The first-order valence-electron chi connectivity index (χ1n) is 9.38. The number of morpholine rings is 1.